The first-order valence-corrected chi connectivity index (χ1v) is 4.70. The van der Waals surface area contributed by atoms with E-state index in [1.807, 2.05) is 6.92 Å². The van der Waals surface area contributed by atoms with E-state index < -0.39 is 0 Å². The van der Waals surface area contributed by atoms with Crippen molar-refractivity contribution in [2.24, 2.45) is 0 Å². The van der Waals surface area contributed by atoms with Crippen LogP contribution in [0.1, 0.15) is 26.7 Å². The Morgan fingerprint density at radius 3 is 3.00 bits per heavy atom. The minimum Gasteiger partial charge on any atom is -0.463 e. The van der Waals surface area contributed by atoms with Crippen LogP contribution in [0.15, 0.2) is 11.6 Å². The fourth-order valence-corrected chi connectivity index (χ4v) is 1.40. The summed E-state index contributed by atoms with van der Waals surface area (Å²) in [6, 6.07) is 0. The molecule has 1 aliphatic rings. The highest BCUT2D eigenvalue weighted by Crippen LogP contribution is 2.19. The third-order valence-electron chi connectivity index (χ3n) is 2.07. The normalized spacial score (nSPS) is 23.2. The van der Waals surface area contributed by atoms with E-state index >= 15 is 0 Å². The number of rotatable bonds is 3. The lowest BCUT2D eigenvalue weighted by Gasteiger charge is -2.08. The van der Waals surface area contributed by atoms with Crippen molar-refractivity contribution in [1.29, 1.82) is 0 Å². The van der Waals surface area contributed by atoms with Crippen LogP contribution in [-0.2, 0) is 14.3 Å². The van der Waals surface area contributed by atoms with Crippen molar-refractivity contribution in [2.45, 2.75) is 32.8 Å². The van der Waals surface area contributed by atoms with E-state index in [9.17, 15) is 4.79 Å². The molecular weight excluding hydrogens is 168 g/mol. The number of ether oxygens (including phenoxy) is 2. The maximum absolute atomic E-state index is 11.1. The number of carbonyl (C=O) groups excluding carboxylic acids is 1. The van der Waals surface area contributed by atoms with Crippen LogP contribution in [0.3, 0.4) is 0 Å². The van der Waals surface area contributed by atoms with Crippen molar-refractivity contribution in [3.8, 4) is 0 Å². The Labute approximate surface area is 78.7 Å². The van der Waals surface area contributed by atoms with E-state index in [1.54, 1.807) is 6.92 Å². The molecule has 0 spiro atoms. The fourth-order valence-electron chi connectivity index (χ4n) is 1.40. The van der Waals surface area contributed by atoms with Gasteiger partial charge in [0.1, 0.15) is 0 Å². The van der Waals surface area contributed by atoms with E-state index in [0.29, 0.717) is 6.61 Å². The van der Waals surface area contributed by atoms with Crippen molar-refractivity contribution in [1.82, 2.24) is 0 Å². The predicted octanol–water partition coefficient (Wildman–Crippen LogP) is 1.67. The molecule has 0 bridgehead atoms. The van der Waals surface area contributed by atoms with Gasteiger partial charge in [-0.15, -0.1) is 0 Å². The van der Waals surface area contributed by atoms with Gasteiger partial charge in [0, 0.05) is 12.7 Å². The smallest absolute Gasteiger partial charge is 0.330 e. The van der Waals surface area contributed by atoms with E-state index in [-0.39, 0.29) is 12.1 Å². The minimum atomic E-state index is -0.268. The van der Waals surface area contributed by atoms with Crippen LogP contribution in [0.2, 0.25) is 0 Å². The molecule has 3 nitrogen and oxygen atoms in total. The van der Waals surface area contributed by atoms with Gasteiger partial charge in [-0.2, -0.15) is 0 Å². The first-order valence-electron chi connectivity index (χ1n) is 4.70. The van der Waals surface area contributed by atoms with Gasteiger partial charge in [-0.1, -0.05) is 0 Å². The van der Waals surface area contributed by atoms with Crippen LogP contribution in [0.25, 0.3) is 0 Å². The SMILES string of the molecule is CCOC(=O)/C=C(\C)[C@@H]1CCCO1. The van der Waals surface area contributed by atoms with Crippen LogP contribution < -0.4 is 0 Å². The van der Waals surface area contributed by atoms with Crippen LogP contribution in [-0.4, -0.2) is 25.3 Å². The Kier molecular flexibility index (Phi) is 3.96. The molecule has 3 heteroatoms. The van der Waals surface area contributed by atoms with Gasteiger partial charge in [-0.3, -0.25) is 0 Å². The molecule has 1 aliphatic heterocycles. The number of hydrogen-bond donors (Lipinski definition) is 0. The van der Waals surface area contributed by atoms with Gasteiger partial charge in [-0.05, 0) is 32.3 Å². The highest BCUT2D eigenvalue weighted by Gasteiger charge is 2.17. The third kappa shape index (κ3) is 3.19. The molecule has 0 unspecified atom stereocenters. The van der Waals surface area contributed by atoms with Crippen molar-refractivity contribution in [3.63, 3.8) is 0 Å². The Morgan fingerprint density at radius 2 is 2.46 bits per heavy atom. The standard InChI is InChI=1S/C10H16O3/c1-3-12-10(11)7-8(2)9-5-4-6-13-9/h7,9H,3-6H2,1-2H3/b8-7+/t9-/m0/s1. The van der Waals surface area contributed by atoms with Crippen LogP contribution in [0, 0.1) is 0 Å². The average molecular weight is 184 g/mol. The third-order valence-corrected chi connectivity index (χ3v) is 2.07. The van der Waals surface area contributed by atoms with Crippen LogP contribution >= 0.6 is 0 Å². The zero-order valence-corrected chi connectivity index (χ0v) is 8.21. The molecule has 1 fully saturated rings. The van der Waals surface area contributed by atoms with Gasteiger partial charge in [0.2, 0.25) is 0 Å². The monoisotopic (exact) mass is 184 g/mol. The molecule has 1 heterocycles. The highest BCUT2D eigenvalue weighted by molar-refractivity contribution is 5.82. The lowest BCUT2D eigenvalue weighted by atomic mass is 10.1. The van der Waals surface area contributed by atoms with Gasteiger partial charge in [-0.25, -0.2) is 4.79 Å². The Bertz CT molecular complexity index is 202. The highest BCUT2D eigenvalue weighted by atomic mass is 16.5. The van der Waals surface area contributed by atoms with Crippen molar-refractivity contribution < 1.29 is 14.3 Å². The van der Waals surface area contributed by atoms with Crippen LogP contribution in [0.4, 0.5) is 0 Å². The van der Waals surface area contributed by atoms with E-state index in [2.05, 4.69) is 0 Å². The quantitative estimate of drug-likeness (QED) is 0.494. The molecule has 0 radical (unpaired) electrons. The molecule has 1 saturated heterocycles. The number of carbonyl (C=O) groups is 1. The largest absolute Gasteiger partial charge is 0.463 e. The first kappa shape index (κ1) is 10.3. The lowest BCUT2D eigenvalue weighted by molar-refractivity contribution is -0.137. The van der Waals surface area contributed by atoms with Gasteiger partial charge in [0.05, 0.1) is 12.7 Å². The maximum atomic E-state index is 11.1. The van der Waals surface area contributed by atoms with E-state index in [4.69, 9.17) is 9.47 Å². The minimum absolute atomic E-state index is 0.129. The fraction of sp³-hybridized carbons (Fsp3) is 0.700. The van der Waals surface area contributed by atoms with E-state index in [0.717, 1.165) is 25.0 Å². The molecule has 0 aromatic rings. The summed E-state index contributed by atoms with van der Waals surface area (Å²) < 4.78 is 10.2. The summed E-state index contributed by atoms with van der Waals surface area (Å²) in [6.07, 6.45) is 3.75. The molecule has 1 rings (SSSR count). The van der Waals surface area contributed by atoms with Crippen molar-refractivity contribution in [3.05, 3.63) is 11.6 Å². The Hall–Kier alpha value is -0.830. The molecular formula is C10H16O3. The molecule has 0 aromatic heterocycles. The Morgan fingerprint density at radius 1 is 1.69 bits per heavy atom. The molecule has 13 heavy (non-hydrogen) atoms. The summed E-state index contributed by atoms with van der Waals surface area (Å²) in [5.41, 5.74) is 0.968. The van der Waals surface area contributed by atoms with Gasteiger partial charge < -0.3 is 9.47 Å². The molecule has 0 aromatic carbocycles. The van der Waals surface area contributed by atoms with Crippen molar-refractivity contribution in [2.75, 3.05) is 13.2 Å². The second kappa shape index (κ2) is 5.02. The molecule has 0 aliphatic carbocycles. The summed E-state index contributed by atoms with van der Waals surface area (Å²) >= 11 is 0. The summed E-state index contributed by atoms with van der Waals surface area (Å²) in [7, 11) is 0. The average Bonchev–Trinajstić information content (AvgIpc) is 2.55. The number of hydrogen-bond acceptors (Lipinski definition) is 3. The molecule has 0 N–H and O–H groups in total. The Balaban J connectivity index is 2.44. The maximum Gasteiger partial charge on any atom is 0.330 e. The predicted molar refractivity (Wildman–Crippen MR) is 49.4 cm³/mol. The zero-order chi connectivity index (χ0) is 9.68. The summed E-state index contributed by atoms with van der Waals surface area (Å²) in [6.45, 7) is 4.94. The van der Waals surface area contributed by atoms with Gasteiger partial charge in [0.15, 0.2) is 0 Å². The second-order valence-electron chi connectivity index (χ2n) is 3.14. The lowest BCUT2D eigenvalue weighted by Crippen LogP contribution is -2.09. The summed E-state index contributed by atoms with van der Waals surface area (Å²) in [5.74, 6) is -0.268. The first-order chi connectivity index (χ1) is 6.24. The van der Waals surface area contributed by atoms with Crippen molar-refractivity contribution >= 4 is 5.97 Å². The second-order valence-corrected chi connectivity index (χ2v) is 3.14. The molecule has 74 valence electrons. The molecule has 0 amide bonds. The van der Waals surface area contributed by atoms with Gasteiger partial charge >= 0.3 is 5.97 Å². The number of esters is 1. The topological polar surface area (TPSA) is 35.5 Å². The molecule has 1 atom stereocenters. The van der Waals surface area contributed by atoms with Gasteiger partial charge in [0.25, 0.3) is 0 Å². The zero-order valence-electron chi connectivity index (χ0n) is 8.21. The molecule has 0 saturated carbocycles. The van der Waals surface area contributed by atoms with E-state index in [1.165, 1.54) is 6.08 Å². The van der Waals surface area contributed by atoms with Crippen LogP contribution in [0.5, 0.6) is 0 Å². The summed E-state index contributed by atoms with van der Waals surface area (Å²) in [5, 5.41) is 0. The summed E-state index contributed by atoms with van der Waals surface area (Å²) in [4.78, 5) is 11.1.